The van der Waals surface area contributed by atoms with Gasteiger partial charge in [-0.3, -0.25) is 4.79 Å². The van der Waals surface area contributed by atoms with E-state index in [4.69, 9.17) is 11.6 Å². The van der Waals surface area contributed by atoms with Gasteiger partial charge in [0.2, 0.25) is 0 Å². The highest BCUT2D eigenvalue weighted by molar-refractivity contribution is 7.21. The largest absolute Gasteiger partial charge is 0.504 e. The maximum atomic E-state index is 11.2. The first-order valence-electron chi connectivity index (χ1n) is 4.15. The predicted molar refractivity (Wildman–Crippen MR) is 60.2 cm³/mol. The van der Waals surface area contributed by atoms with E-state index in [0.717, 1.165) is 0 Å². The van der Waals surface area contributed by atoms with Gasteiger partial charge in [0.05, 0.1) is 9.90 Å². The summed E-state index contributed by atoms with van der Waals surface area (Å²) in [5.41, 5.74) is 0. The Morgan fingerprint density at radius 3 is 2.53 bits per heavy atom. The Morgan fingerprint density at radius 1 is 1.33 bits per heavy atom. The number of carbonyl (C=O) groups is 1. The molecule has 0 aliphatic rings. The Hall–Kier alpha value is -1.26. The van der Waals surface area contributed by atoms with Crippen LogP contribution in [0.1, 0.15) is 16.6 Å². The van der Waals surface area contributed by atoms with Gasteiger partial charge in [-0.25, -0.2) is 0 Å². The Morgan fingerprint density at radius 2 is 1.93 bits per heavy atom. The number of thiophene rings is 1. The Bertz CT molecular complexity index is 559. The molecule has 5 heteroatoms. The number of rotatable bonds is 1. The summed E-state index contributed by atoms with van der Waals surface area (Å²) in [6.45, 7) is 1.43. The van der Waals surface area contributed by atoms with E-state index >= 15 is 0 Å². The molecule has 0 aliphatic carbocycles. The molecule has 3 nitrogen and oxygen atoms in total. The van der Waals surface area contributed by atoms with Gasteiger partial charge in [-0.1, -0.05) is 11.6 Å². The van der Waals surface area contributed by atoms with Gasteiger partial charge in [-0.05, 0) is 6.07 Å². The third kappa shape index (κ3) is 1.56. The molecule has 2 aromatic rings. The maximum absolute atomic E-state index is 11.2. The first kappa shape index (κ1) is 10.3. The van der Waals surface area contributed by atoms with Crippen LogP contribution in [0.25, 0.3) is 10.1 Å². The summed E-state index contributed by atoms with van der Waals surface area (Å²) >= 11 is 7.18. The first-order chi connectivity index (χ1) is 7.00. The molecule has 0 bridgehead atoms. The van der Waals surface area contributed by atoms with Gasteiger partial charge in [0.15, 0.2) is 17.3 Å². The van der Waals surface area contributed by atoms with Crippen LogP contribution >= 0.6 is 22.9 Å². The van der Waals surface area contributed by atoms with Crippen molar-refractivity contribution < 1.29 is 15.0 Å². The fourth-order valence-electron chi connectivity index (χ4n) is 1.32. The number of carbonyl (C=O) groups excluding carboxylic acids is 1. The molecule has 1 aromatic heterocycles. The van der Waals surface area contributed by atoms with Crippen molar-refractivity contribution in [3.8, 4) is 11.5 Å². The smallest absolute Gasteiger partial charge is 0.171 e. The molecule has 1 aromatic carbocycles. The molecule has 0 fully saturated rings. The number of Topliss-reactive ketones (excluding diaryl/α,β-unsaturated/α-hetero) is 1. The number of aromatic hydroxyl groups is 2. The van der Waals surface area contributed by atoms with Gasteiger partial charge in [0.25, 0.3) is 0 Å². The number of hydrogen-bond acceptors (Lipinski definition) is 4. The predicted octanol–water partition coefficient (Wildman–Crippen LogP) is 3.17. The Balaban J connectivity index is 2.83. The van der Waals surface area contributed by atoms with Gasteiger partial charge in [0, 0.05) is 23.1 Å². The standard InChI is InChI=1S/C10H7ClO3S/c1-4(12)10-9(11)5-2-6(13)7(14)3-8(5)15-10/h2-3,13-14H,1H3. The van der Waals surface area contributed by atoms with E-state index in [9.17, 15) is 15.0 Å². The second-order valence-electron chi connectivity index (χ2n) is 3.14. The molecule has 2 N–H and O–H groups in total. The van der Waals surface area contributed by atoms with Crippen molar-refractivity contribution in [2.75, 3.05) is 0 Å². The van der Waals surface area contributed by atoms with Crippen molar-refractivity contribution in [1.29, 1.82) is 0 Å². The summed E-state index contributed by atoms with van der Waals surface area (Å²) < 4.78 is 0.681. The monoisotopic (exact) mass is 242 g/mol. The van der Waals surface area contributed by atoms with Crippen LogP contribution in [-0.4, -0.2) is 16.0 Å². The third-order valence-electron chi connectivity index (χ3n) is 2.04. The zero-order valence-electron chi connectivity index (χ0n) is 7.74. The molecule has 0 aliphatic heterocycles. The number of fused-ring (bicyclic) bond motifs is 1. The summed E-state index contributed by atoms with van der Waals surface area (Å²) in [6, 6.07) is 2.75. The highest BCUT2D eigenvalue weighted by atomic mass is 35.5. The van der Waals surface area contributed by atoms with E-state index in [1.54, 1.807) is 0 Å². The van der Waals surface area contributed by atoms with E-state index in [-0.39, 0.29) is 17.3 Å². The van der Waals surface area contributed by atoms with Gasteiger partial charge < -0.3 is 10.2 Å². The first-order valence-corrected chi connectivity index (χ1v) is 5.35. The van der Waals surface area contributed by atoms with Crippen molar-refractivity contribution in [2.45, 2.75) is 6.92 Å². The second kappa shape index (κ2) is 3.40. The van der Waals surface area contributed by atoms with Crippen LogP contribution in [0.4, 0.5) is 0 Å². The lowest BCUT2D eigenvalue weighted by Crippen LogP contribution is -1.85. The highest BCUT2D eigenvalue weighted by Gasteiger charge is 2.15. The topological polar surface area (TPSA) is 57.5 Å². The number of ketones is 1. The molecule has 15 heavy (non-hydrogen) atoms. The molecule has 1 heterocycles. The summed E-state index contributed by atoms with van der Waals surface area (Å²) in [5, 5.41) is 19.5. The normalized spacial score (nSPS) is 10.8. The molecule has 0 saturated carbocycles. The third-order valence-corrected chi connectivity index (χ3v) is 3.80. The number of hydrogen-bond donors (Lipinski definition) is 2. The van der Waals surface area contributed by atoms with Crippen molar-refractivity contribution in [3.05, 3.63) is 22.0 Å². The molecule has 0 saturated heterocycles. The molecular weight excluding hydrogens is 236 g/mol. The number of phenolic OH excluding ortho intramolecular Hbond substituents is 2. The minimum atomic E-state index is -0.239. The summed E-state index contributed by atoms with van der Waals surface area (Å²) in [6.07, 6.45) is 0. The summed E-state index contributed by atoms with van der Waals surface area (Å²) in [4.78, 5) is 11.6. The van der Waals surface area contributed by atoms with Gasteiger partial charge >= 0.3 is 0 Å². The zero-order valence-corrected chi connectivity index (χ0v) is 9.32. The summed E-state index contributed by atoms with van der Waals surface area (Å²) in [5.74, 6) is -0.576. The molecule has 0 unspecified atom stereocenters. The van der Waals surface area contributed by atoms with E-state index in [1.165, 1.54) is 30.4 Å². The van der Waals surface area contributed by atoms with Gasteiger partial charge in [0.1, 0.15) is 0 Å². The van der Waals surface area contributed by atoms with E-state index in [2.05, 4.69) is 0 Å². The molecular formula is C10H7ClO3S. The average molecular weight is 243 g/mol. The lowest BCUT2D eigenvalue weighted by atomic mass is 10.2. The van der Waals surface area contributed by atoms with Crippen LogP contribution in [0, 0.1) is 0 Å². The van der Waals surface area contributed by atoms with Crippen molar-refractivity contribution in [2.24, 2.45) is 0 Å². The quantitative estimate of drug-likeness (QED) is 0.597. The lowest BCUT2D eigenvalue weighted by molar-refractivity contribution is 0.102. The molecule has 0 spiro atoms. The average Bonchev–Trinajstić information content (AvgIpc) is 2.46. The minimum absolute atomic E-state index is 0.125. The van der Waals surface area contributed by atoms with Crippen LogP contribution in [-0.2, 0) is 0 Å². The molecule has 2 rings (SSSR count). The number of phenols is 2. The van der Waals surface area contributed by atoms with Crippen molar-refractivity contribution in [1.82, 2.24) is 0 Å². The molecule has 0 atom stereocenters. The van der Waals surface area contributed by atoms with Crippen LogP contribution in [0.5, 0.6) is 11.5 Å². The van der Waals surface area contributed by atoms with Crippen LogP contribution < -0.4 is 0 Å². The van der Waals surface area contributed by atoms with Crippen molar-refractivity contribution >= 4 is 38.8 Å². The molecule has 78 valence electrons. The van der Waals surface area contributed by atoms with Crippen molar-refractivity contribution in [3.63, 3.8) is 0 Å². The maximum Gasteiger partial charge on any atom is 0.171 e. The molecule has 0 amide bonds. The number of halogens is 1. The fraction of sp³-hybridized carbons (Fsp3) is 0.100. The summed E-state index contributed by atoms with van der Waals surface area (Å²) in [7, 11) is 0. The van der Waals surface area contributed by atoms with Crippen LogP contribution in [0.2, 0.25) is 5.02 Å². The fourth-order valence-corrected chi connectivity index (χ4v) is 2.78. The highest BCUT2D eigenvalue weighted by Crippen LogP contribution is 2.40. The second-order valence-corrected chi connectivity index (χ2v) is 4.57. The Kier molecular flexibility index (Phi) is 2.32. The lowest BCUT2D eigenvalue weighted by Gasteiger charge is -1.96. The SMILES string of the molecule is CC(=O)c1sc2cc(O)c(O)cc2c1Cl. The zero-order chi connectivity index (χ0) is 11.2. The van der Waals surface area contributed by atoms with Gasteiger partial charge in [-0.15, -0.1) is 11.3 Å². The van der Waals surface area contributed by atoms with Crippen LogP contribution in [0.15, 0.2) is 12.1 Å². The van der Waals surface area contributed by atoms with E-state index in [1.807, 2.05) is 0 Å². The van der Waals surface area contributed by atoms with E-state index in [0.29, 0.717) is 20.0 Å². The van der Waals surface area contributed by atoms with Gasteiger partial charge in [-0.2, -0.15) is 0 Å². The Labute approximate surface area is 94.5 Å². The number of benzene rings is 1. The van der Waals surface area contributed by atoms with E-state index < -0.39 is 0 Å². The molecule has 0 radical (unpaired) electrons. The van der Waals surface area contributed by atoms with Crippen LogP contribution in [0.3, 0.4) is 0 Å². The minimum Gasteiger partial charge on any atom is -0.504 e.